The van der Waals surface area contributed by atoms with Gasteiger partial charge in [0.05, 0.1) is 27.7 Å². The zero-order valence-corrected chi connectivity index (χ0v) is 6.95. The predicted octanol–water partition coefficient (Wildman–Crippen LogP) is -1.50. The molecule has 0 N–H and O–H groups in total. The molecule has 9 heavy (non-hydrogen) atoms. The van der Waals surface area contributed by atoms with Crippen LogP contribution in [-0.2, 0) is 0 Å². The lowest BCUT2D eigenvalue weighted by Crippen LogP contribution is -3.00. The number of hydrogen-bond donors (Lipinski definition) is 0. The van der Waals surface area contributed by atoms with Gasteiger partial charge in [-0.15, -0.1) is 0 Å². The van der Waals surface area contributed by atoms with Crippen molar-refractivity contribution in [1.82, 2.24) is 0 Å². The normalized spacial score (nSPS) is 10.7. The molecule has 0 fully saturated rings. The molecule has 0 aromatic heterocycles. The molecule has 58 valence electrons. The monoisotopic (exact) mass is 135 g/mol. The van der Waals surface area contributed by atoms with Gasteiger partial charge in [0.1, 0.15) is 0 Å². The van der Waals surface area contributed by atoms with Gasteiger partial charge in [-0.25, -0.2) is 0 Å². The lowest BCUT2D eigenvalue weighted by molar-refractivity contribution is -0.870. The van der Waals surface area contributed by atoms with Crippen LogP contribution >= 0.6 is 0 Å². The zero-order valence-electron chi connectivity index (χ0n) is 6.95. The largest absolute Gasteiger partial charge is 1.00 e. The van der Waals surface area contributed by atoms with Crippen molar-refractivity contribution in [3.63, 3.8) is 0 Å². The third kappa shape index (κ3) is 11.4. The van der Waals surface area contributed by atoms with Gasteiger partial charge in [0.2, 0.25) is 0 Å². The van der Waals surface area contributed by atoms with Crippen molar-refractivity contribution in [2.75, 3.05) is 27.7 Å². The lowest BCUT2D eigenvalue weighted by Gasteiger charge is -2.23. The van der Waals surface area contributed by atoms with Crippen LogP contribution in [0.3, 0.4) is 0 Å². The Morgan fingerprint density at radius 3 is 1.67 bits per heavy atom. The third-order valence-electron chi connectivity index (χ3n) is 1.18. The van der Waals surface area contributed by atoms with Gasteiger partial charge in [0.25, 0.3) is 0 Å². The number of unbranched alkanes of at least 4 members (excludes halogenated alkanes) is 1. The van der Waals surface area contributed by atoms with Crippen LogP contribution in [0.15, 0.2) is 0 Å². The van der Waals surface area contributed by atoms with Crippen molar-refractivity contribution in [3.8, 4) is 0 Å². The lowest BCUT2D eigenvalue weighted by atomic mass is 10.3. The van der Waals surface area contributed by atoms with Gasteiger partial charge in [-0.3, -0.25) is 0 Å². The summed E-state index contributed by atoms with van der Waals surface area (Å²) in [4.78, 5) is 0. The minimum absolute atomic E-state index is 0. The molecular weight excluding hydrogens is 117 g/mol. The second kappa shape index (κ2) is 4.74. The smallest absolute Gasteiger partial charge is 0.0780 e. The molecule has 0 spiro atoms. The summed E-state index contributed by atoms with van der Waals surface area (Å²) in [6.45, 7) is 3.53. The van der Waals surface area contributed by atoms with E-state index in [-0.39, 0.29) is 4.70 Å². The average molecular weight is 135 g/mol. The molecule has 0 bridgehead atoms. The Hall–Kier alpha value is -0.110. The minimum atomic E-state index is 0. The topological polar surface area (TPSA) is 0 Å². The Morgan fingerprint density at radius 2 is 1.56 bits per heavy atom. The highest BCUT2D eigenvalue weighted by atomic mass is 19.0. The molecule has 0 aromatic rings. The summed E-state index contributed by atoms with van der Waals surface area (Å²) >= 11 is 0. The van der Waals surface area contributed by atoms with Crippen LogP contribution in [0.5, 0.6) is 0 Å². The molecule has 2 heteroatoms. The first kappa shape index (κ1) is 11.7. The molecule has 0 rings (SSSR count). The van der Waals surface area contributed by atoms with Gasteiger partial charge in [-0.1, -0.05) is 13.3 Å². The Labute approximate surface area is 57.6 Å². The van der Waals surface area contributed by atoms with Crippen LogP contribution in [0, 0.1) is 0 Å². The van der Waals surface area contributed by atoms with Crippen LogP contribution in [0.2, 0.25) is 0 Å². The van der Waals surface area contributed by atoms with Gasteiger partial charge in [0, 0.05) is 0 Å². The molecule has 0 aliphatic rings. The van der Waals surface area contributed by atoms with Crippen LogP contribution in [0.1, 0.15) is 19.8 Å². The van der Waals surface area contributed by atoms with E-state index in [1.165, 1.54) is 19.4 Å². The fourth-order valence-electron chi connectivity index (χ4n) is 0.632. The Kier molecular flexibility index (Phi) is 6.14. The van der Waals surface area contributed by atoms with Gasteiger partial charge in [-0.2, -0.15) is 0 Å². The third-order valence-corrected chi connectivity index (χ3v) is 1.18. The molecule has 0 aromatic carbocycles. The van der Waals surface area contributed by atoms with Gasteiger partial charge in [-0.05, 0) is 6.42 Å². The van der Waals surface area contributed by atoms with Crippen molar-refractivity contribution < 1.29 is 9.19 Å². The standard InChI is InChI=1S/C7H18N.FH/c1-5-6-7-8(2,3)4;/h5-7H2,1-4H3;1H/q+1;/p-1. The fourth-order valence-corrected chi connectivity index (χ4v) is 0.632. The Bertz CT molecular complexity index is 56.4. The first-order valence-electron chi connectivity index (χ1n) is 3.36. The van der Waals surface area contributed by atoms with Crippen molar-refractivity contribution in [2.24, 2.45) is 0 Å². The second-order valence-electron chi connectivity index (χ2n) is 3.37. The van der Waals surface area contributed by atoms with E-state index in [4.69, 9.17) is 0 Å². The van der Waals surface area contributed by atoms with E-state index in [1.807, 2.05) is 0 Å². The molecule has 0 saturated carbocycles. The van der Waals surface area contributed by atoms with E-state index in [0.29, 0.717) is 0 Å². The van der Waals surface area contributed by atoms with E-state index < -0.39 is 0 Å². The van der Waals surface area contributed by atoms with E-state index in [1.54, 1.807) is 0 Å². The number of rotatable bonds is 3. The molecule has 0 heterocycles. The minimum Gasteiger partial charge on any atom is -1.00 e. The number of halogens is 1. The summed E-state index contributed by atoms with van der Waals surface area (Å²) in [6.07, 6.45) is 2.67. The quantitative estimate of drug-likeness (QED) is 0.413. The SMILES string of the molecule is CCCC[N+](C)(C)C.[F-]. The van der Waals surface area contributed by atoms with Crippen molar-refractivity contribution in [1.29, 1.82) is 0 Å². The first-order valence-corrected chi connectivity index (χ1v) is 3.36. The van der Waals surface area contributed by atoms with Crippen molar-refractivity contribution in [2.45, 2.75) is 19.8 Å². The van der Waals surface area contributed by atoms with E-state index in [9.17, 15) is 0 Å². The molecular formula is C7H18FN. The van der Waals surface area contributed by atoms with Crippen LogP contribution in [0.25, 0.3) is 0 Å². The molecule has 0 unspecified atom stereocenters. The fraction of sp³-hybridized carbons (Fsp3) is 1.00. The molecule has 0 aliphatic carbocycles. The number of nitrogens with zero attached hydrogens (tertiary/aromatic N) is 1. The van der Waals surface area contributed by atoms with Gasteiger partial charge in [0.15, 0.2) is 0 Å². The maximum Gasteiger partial charge on any atom is 0.0780 e. The summed E-state index contributed by atoms with van der Waals surface area (Å²) in [5, 5.41) is 0. The molecule has 0 saturated heterocycles. The summed E-state index contributed by atoms with van der Waals surface area (Å²) in [7, 11) is 6.70. The number of quaternary nitrogens is 1. The van der Waals surface area contributed by atoms with Gasteiger partial charge >= 0.3 is 0 Å². The van der Waals surface area contributed by atoms with Crippen molar-refractivity contribution >= 4 is 0 Å². The molecule has 0 radical (unpaired) electrons. The van der Waals surface area contributed by atoms with Gasteiger partial charge < -0.3 is 9.19 Å². The highest BCUT2D eigenvalue weighted by Crippen LogP contribution is 1.94. The number of hydrogen-bond acceptors (Lipinski definition) is 0. The maximum absolute atomic E-state index is 2.23. The highest BCUT2D eigenvalue weighted by molar-refractivity contribution is 4.29. The summed E-state index contributed by atoms with van der Waals surface area (Å²) in [6, 6.07) is 0. The molecule has 1 nitrogen and oxygen atoms in total. The average Bonchev–Trinajstić information content (AvgIpc) is 1.59. The molecule has 0 atom stereocenters. The second-order valence-corrected chi connectivity index (χ2v) is 3.37. The Morgan fingerprint density at radius 1 is 1.11 bits per heavy atom. The highest BCUT2D eigenvalue weighted by Gasteiger charge is 2.02. The predicted molar refractivity (Wildman–Crippen MR) is 37.8 cm³/mol. The van der Waals surface area contributed by atoms with Crippen LogP contribution < -0.4 is 4.70 Å². The molecule has 0 amide bonds. The van der Waals surface area contributed by atoms with Crippen LogP contribution in [-0.4, -0.2) is 32.2 Å². The Balaban J connectivity index is 0. The van der Waals surface area contributed by atoms with E-state index in [0.717, 1.165) is 4.48 Å². The van der Waals surface area contributed by atoms with Crippen molar-refractivity contribution in [3.05, 3.63) is 0 Å². The van der Waals surface area contributed by atoms with E-state index >= 15 is 0 Å². The van der Waals surface area contributed by atoms with Crippen LogP contribution in [0.4, 0.5) is 0 Å². The molecule has 0 aliphatic heterocycles. The first-order chi connectivity index (χ1) is 3.56. The summed E-state index contributed by atoms with van der Waals surface area (Å²) in [5.41, 5.74) is 0. The van der Waals surface area contributed by atoms with E-state index in [2.05, 4.69) is 28.1 Å². The summed E-state index contributed by atoms with van der Waals surface area (Å²) in [5.74, 6) is 0. The summed E-state index contributed by atoms with van der Waals surface area (Å²) < 4.78 is 1.10. The maximum atomic E-state index is 2.23. The zero-order chi connectivity index (χ0) is 6.62.